The average Bonchev–Trinajstić information content (AvgIpc) is 3.14. The van der Waals surface area contributed by atoms with Gasteiger partial charge in [-0.05, 0) is 35.7 Å². The van der Waals surface area contributed by atoms with E-state index in [1.807, 2.05) is 0 Å². The number of carboxylic acid groups (broad SMARTS) is 1. The van der Waals surface area contributed by atoms with Crippen LogP contribution in [0.5, 0.6) is 11.5 Å². The van der Waals surface area contributed by atoms with Crippen molar-refractivity contribution in [3.05, 3.63) is 59.2 Å². The van der Waals surface area contributed by atoms with Crippen LogP contribution in [-0.4, -0.2) is 41.1 Å². The summed E-state index contributed by atoms with van der Waals surface area (Å²) in [5.74, 6) is -0.489. The highest BCUT2D eigenvalue weighted by Crippen LogP contribution is 2.45. The van der Waals surface area contributed by atoms with Crippen molar-refractivity contribution >= 4 is 23.5 Å². The van der Waals surface area contributed by atoms with E-state index in [4.69, 9.17) is 21.1 Å². The van der Waals surface area contributed by atoms with Crippen molar-refractivity contribution in [3.8, 4) is 11.5 Å². The molecule has 2 aliphatic heterocycles. The molecule has 2 atom stereocenters. The Kier molecular flexibility index (Phi) is 4.66. The second kappa shape index (κ2) is 7.12. The SMILES string of the molecule is O=C(O)[C@H]1c2ccccc2C(=O)N(CCCCl)[C@@H]1c1ccc2c(c1)OCO2. The molecule has 27 heavy (non-hydrogen) atoms. The van der Waals surface area contributed by atoms with E-state index >= 15 is 0 Å². The van der Waals surface area contributed by atoms with E-state index in [-0.39, 0.29) is 12.7 Å². The molecule has 0 saturated heterocycles. The maximum atomic E-state index is 13.1. The molecule has 1 amide bonds. The molecule has 0 bridgehead atoms. The van der Waals surface area contributed by atoms with Gasteiger partial charge in [0.15, 0.2) is 11.5 Å². The number of nitrogens with zero attached hydrogens (tertiary/aromatic N) is 1. The summed E-state index contributed by atoms with van der Waals surface area (Å²) < 4.78 is 10.8. The van der Waals surface area contributed by atoms with Crippen LogP contribution in [0.25, 0.3) is 0 Å². The molecule has 0 spiro atoms. The van der Waals surface area contributed by atoms with Crippen LogP contribution in [-0.2, 0) is 4.79 Å². The predicted molar refractivity (Wildman–Crippen MR) is 98.5 cm³/mol. The van der Waals surface area contributed by atoms with Crippen molar-refractivity contribution in [2.45, 2.75) is 18.4 Å². The summed E-state index contributed by atoms with van der Waals surface area (Å²) in [6, 6.07) is 11.6. The lowest BCUT2D eigenvalue weighted by atomic mass is 9.79. The first-order chi connectivity index (χ1) is 13.1. The minimum Gasteiger partial charge on any atom is -0.481 e. The van der Waals surface area contributed by atoms with Crippen molar-refractivity contribution in [1.29, 1.82) is 0 Å². The van der Waals surface area contributed by atoms with E-state index in [0.717, 1.165) is 0 Å². The number of halogens is 1. The molecule has 0 aromatic heterocycles. The van der Waals surface area contributed by atoms with Gasteiger partial charge in [-0.3, -0.25) is 9.59 Å². The first-order valence-electron chi connectivity index (χ1n) is 8.70. The smallest absolute Gasteiger partial charge is 0.313 e. The minimum atomic E-state index is -0.978. The Morgan fingerprint density at radius 3 is 2.74 bits per heavy atom. The van der Waals surface area contributed by atoms with Gasteiger partial charge in [-0.25, -0.2) is 0 Å². The number of carboxylic acids is 1. The highest BCUT2D eigenvalue weighted by atomic mass is 35.5. The monoisotopic (exact) mass is 387 g/mol. The van der Waals surface area contributed by atoms with Gasteiger partial charge in [0.2, 0.25) is 6.79 Å². The van der Waals surface area contributed by atoms with Crippen molar-refractivity contribution in [2.24, 2.45) is 0 Å². The molecule has 0 saturated carbocycles. The van der Waals surface area contributed by atoms with E-state index in [1.54, 1.807) is 47.4 Å². The summed E-state index contributed by atoms with van der Waals surface area (Å²) in [4.78, 5) is 27.0. The average molecular weight is 388 g/mol. The fourth-order valence-corrected chi connectivity index (χ4v) is 3.92. The van der Waals surface area contributed by atoms with Crippen molar-refractivity contribution < 1.29 is 24.2 Å². The summed E-state index contributed by atoms with van der Waals surface area (Å²) >= 11 is 5.85. The van der Waals surface area contributed by atoms with E-state index in [1.165, 1.54) is 0 Å². The quantitative estimate of drug-likeness (QED) is 0.795. The molecule has 4 rings (SSSR count). The fourth-order valence-electron chi connectivity index (χ4n) is 3.80. The second-order valence-corrected chi connectivity index (χ2v) is 6.88. The number of carbonyl (C=O) groups is 2. The van der Waals surface area contributed by atoms with Gasteiger partial charge >= 0.3 is 5.97 Å². The van der Waals surface area contributed by atoms with E-state index in [9.17, 15) is 14.7 Å². The zero-order chi connectivity index (χ0) is 19.0. The number of rotatable bonds is 5. The highest BCUT2D eigenvalue weighted by Gasteiger charge is 2.44. The van der Waals surface area contributed by atoms with Gasteiger partial charge in [-0.15, -0.1) is 11.6 Å². The normalized spacial score (nSPS) is 20.5. The molecule has 0 unspecified atom stereocenters. The Labute approximate surface area is 161 Å². The molecule has 1 N–H and O–H groups in total. The van der Waals surface area contributed by atoms with E-state index in [0.29, 0.717) is 47.0 Å². The number of hydrogen-bond acceptors (Lipinski definition) is 4. The van der Waals surface area contributed by atoms with E-state index < -0.39 is 17.9 Å². The molecule has 2 aromatic carbocycles. The fraction of sp³-hybridized carbons (Fsp3) is 0.300. The summed E-state index contributed by atoms with van der Waals surface area (Å²) in [5, 5.41) is 10.0. The molecule has 2 heterocycles. The number of amides is 1. The highest BCUT2D eigenvalue weighted by molar-refractivity contribution is 6.17. The molecule has 0 radical (unpaired) electrons. The maximum absolute atomic E-state index is 13.1. The summed E-state index contributed by atoms with van der Waals surface area (Å²) in [6.07, 6.45) is 0.572. The first kappa shape index (κ1) is 17.7. The van der Waals surface area contributed by atoms with Gasteiger partial charge in [-0.1, -0.05) is 24.3 Å². The molecule has 7 heteroatoms. The number of aliphatic carboxylic acids is 1. The van der Waals surface area contributed by atoms with Gasteiger partial charge in [0.05, 0.1) is 6.04 Å². The van der Waals surface area contributed by atoms with Crippen LogP contribution in [0.1, 0.15) is 39.9 Å². The third kappa shape index (κ3) is 3.00. The lowest BCUT2D eigenvalue weighted by Crippen LogP contribution is -2.45. The predicted octanol–water partition coefficient (Wildman–Crippen LogP) is 3.41. The Hall–Kier alpha value is -2.73. The topological polar surface area (TPSA) is 76.1 Å². The van der Waals surface area contributed by atoms with Crippen molar-refractivity contribution in [1.82, 2.24) is 4.90 Å². The van der Waals surface area contributed by atoms with Crippen LogP contribution in [0.4, 0.5) is 0 Å². The zero-order valence-electron chi connectivity index (χ0n) is 14.4. The van der Waals surface area contributed by atoms with Crippen LogP contribution >= 0.6 is 11.6 Å². The number of fused-ring (bicyclic) bond motifs is 2. The van der Waals surface area contributed by atoms with Crippen LogP contribution in [0.3, 0.4) is 0 Å². The van der Waals surface area contributed by atoms with Crippen LogP contribution < -0.4 is 9.47 Å². The molecule has 2 aromatic rings. The molecular weight excluding hydrogens is 370 g/mol. The number of benzene rings is 2. The van der Waals surface area contributed by atoms with Crippen LogP contribution in [0.15, 0.2) is 42.5 Å². The van der Waals surface area contributed by atoms with Crippen molar-refractivity contribution in [2.75, 3.05) is 19.2 Å². The van der Waals surface area contributed by atoms with Gasteiger partial charge < -0.3 is 19.5 Å². The van der Waals surface area contributed by atoms with E-state index in [2.05, 4.69) is 0 Å². The lowest BCUT2D eigenvalue weighted by molar-refractivity contribution is -0.140. The van der Waals surface area contributed by atoms with Crippen molar-refractivity contribution in [3.63, 3.8) is 0 Å². The minimum absolute atomic E-state index is 0.129. The third-order valence-corrected chi connectivity index (χ3v) is 5.24. The van der Waals surface area contributed by atoms with Gasteiger partial charge in [0.1, 0.15) is 5.92 Å². The summed E-state index contributed by atoms with van der Waals surface area (Å²) in [7, 11) is 0. The number of ether oxygens (including phenoxy) is 2. The standard InChI is InChI=1S/C20H18ClNO5/c21-8-3-9-22-18(12-6-7-15-16(10-12)27-11-26-15)17(20(24)25)13-4-1-2-5-14(13)19(22)23/h1-2,4-7,10,17-18H,3,8-9,11H2,(H,24,25)/t17-,18+/m0/s1. The Morgan fingerprint density at radius 2 is 1.96 bits per heavy atom. The summed E-state index contributed by atoms with van der Waals surface area (Å²) in [5.41, 5.74) is 1.65. The third-order valence-electron chi connectivity index (χ3n) is 4.98. The van der Waals surface area contributed by atoms with Gasteiger partial charge in [0, 0.05) is 18.0 Å². The largest absolute Gasteiger partial charge is 0.481 e. The number of carbonyl (C=O) groups excluding carboxylic acids is 1. The van der Waals surface area contributed by atoms with Gasteiger partial charge in [0.25, 0.3) is 5.91 Å². The molecule has 2 aliphatic rings. The molecule has 140 valence electrons. The summed E-state index contributed by atoms with van der Waals surface area (Å²) in [6.45, 7) is 0.503. The van der Waals surface area contributed by atoms with Gasteiger partial charge in [-0.2, -0.15) is 0 Å². The Morgan fingerprint density at radius 1 is 1.19 bits per heavy atom. The van der Waals surface area contributed by atoms with Crippen LogP contribution in [0, 0.1) is 0 Å². The first-order valence-corrected chi connectivity index (χ1v) is 9.23. The lowest BCUT2D eigenvalue weighted by Gasteiger charge is -2.40. The number of hydrogen-bond donors (Lipinski definition) is 1. The zero-order valence-corrected chi connectivity index (χ0v) is 15.2. The Balaban J connectivity index is 1.86. The Bertz CT molecular complexity index is 900. The molecule has 6 nitrogen and oxygen atoms in total. The number of alkyl halides is 1. The molecular formula is C20H18ClNO5. The molecule has 0 fully saturated rings. The maximum Gasteiger partial charge on any atom is 0.313 e. The second-order valence-electron chi connectivity index (χ2n) is 6.50. The van der Waals surface area contributed by atoms with Crippen LogP contribution in [0.2, 0.25) is 0 Å². The molecule has 0 aliphatic carbocycles.